The second kappa shape index (κ2) is 4.31. The fourth-order valence-corrected chi connectivity index (χ4v) is 2.00. The van der Waals surface area contributed by atoms with Crippen molar-refractivity contribution in [3.05, 3.63) is 24.3 Å². The molecule has 0 N–H and O–H groups in total. The molecule has 0 amide bonds. The van der Waals surface area contributed by atoms with Crippen molar-refractivity contribution in [3.8, 4) is 0 Å². The Morgan fingerprint density at radius 3 is 3.07 bits per heavy atom. The molecule has 0 saturated heterocycles. The summed E-state index contributed by atoms with van der Waals surface area (Å²) in [5.41, 5.74) is 0.956. The van der Waals surface area contributed by atoms with Crippen LogP contribution in [0.25, 0.3) is 10.2 Å². The zero-order valence-corrected chi connectivity index (χ0v) is 9.12. The maximum atomic E-state index is 10.7. The number of para-hydroxylation sites is 1. The number of rotatable bonds is 3. The standard InChI is InChI=1S/C11H10N2OS/c1-8(14)6-7-12-11-13-9-4-2-3-5-10(9)15-11/h2-5,7H,6H2,1H3/b12-7+. The number of nitrogens with zero attached hydrogens (tertiary/aromatic N) is 2. The van der Waals surface area contributed by atoms with Crippen LogP contribution < -0.4 is 0 Å². The number of hydrogen-bond donors (Lipinski definition) is 0. The molecule has 0 spiro atoms. The lowest BCUT2D eigenvalue weighted by molar-refractivity contribution is -0.115. The highest BCUT2D eigenvalue weighted by molar-refractivity contribution is 7.22. The van der Waals surface area contributed by atoms with E-state index in [1.54, 1.807) is 13.1 Å². The summed E-state index contributed by atoms with van der Waals surface area (Å²) in [6, 6.07) is 7.89. The second-order valence-corrected chi connectivity index (χ2v) is 4.19. The van der Waals surface area contributed by atoms with Crippen molar-refractivity contribution in [1.82, 2.24) is 4.98 Å². The molecular weight excluding hydrogens is 208 g/mol. The Labute approximate surface area is 91.5 Å². The first-order valence-corrected chi connectivity index (χ1v) is 5.45. The van der Waals surface area contributed by atoms with Crippen molar-refractivity contribution in [2.24, 2.45) is 4.99 Å². The van der Waals surface area contributed by atoms with Gasteiger partial charge < -0.3 is 0 Å². The van der Waals surface area contributed by atoms with Gasteiger partial charge in [0.2, 0.25) is 5.13 Å². The van der Waals surface area contributed by atoms with E-state index in [-0.39, 0.29) is 5.78 Å². The SMILES string of the molecule is CC(=O)C/C=N/c1nc2ccccc2s1. The predicted octanol–water partition coefficient (Wildman–Crippen LogP) is 2.98. The summed E-state index contributed by atoms with van der Waals surface area (Å²) >= 11 is 1.53. The summed E-state index contributed by atoms with van der Waals surface area (Å²) in [7, 11) is 0. The lowest BCUT2D eigenvalue weighted by Gasteiger charge is -1.82. The van der Waals surface area contributed by atoms with Crippen LogP contribution in [0.3, 0.4) is 0 Å². The number of carbonyl (C=O) groups is 1. The predicted molar refractivity (Wildman–Crippen MR) is 63.1 cm³/mol. The Morgan fingerprint density at radius 2 is 2.33 bits per heavy atom. The molecule has 0 unspecified atom stereocenters. The molecule has 0 fully saturated rings. The van der Waals surface area contributed by atoms with Gasteiger partial charge in [-0.1, -0.05) is 23.5 Å². The molecule has 0 atom stereocenters. The lowest BCUT2D eigenvalue weighted by Crippen LogP contribution is -1.88. The van der Waals surface area contributed by atoms with Gasteiger partial charge in [-0.25, -0.2) is 9.98 Å². The number of aliphatic imine (C=N–C) groups is 1. The third-order valence-corrected chi connectivity index (χ3v) is 2.81. The van der Waals surface area contributed by atoms with Gasteiger partial charge in [0.25, 0.3) is 0 Å². The smallest absolute Gasteiger partial charge is 0.209 e. The fraction of sp³-hybridized carbons (Fsp3) is 0.182. The Hall–Kier alpha value is -1.55. The van der Waals surface area contributed by atoms with E-state index >= 15 is 0 Å². The minimum Gasteiger partial charge on any atom is -0.300 e. The molecule has 1 heterocycles. The molecule has 2 aromatic rings. The van der Waals surface area contributed by atoms with Crippen LogP contribution in [0.4, 0.5) is 5.13 Å². The molecule has 0 bridgehead atoms. The van der Waals surface area contributed by atoms with Crippen LogP contribution in [0.2, 0.25) is 0 Å². The summed E-state index contributed by atoms with van der Waals surface area (Å²) in [6.07, 6.45) is 1.98. The van der Waals surface area contributed by atoms with E-state index in [4.69, 9.17) is 0 Å². The fourth-order valence-electron chi connectivity index (χ4n) is 1.17. The van der Waals surface area contributed by atoms with Crippen LogP contribution in [-0.4, -0.2) is 17.0 Å². The highest BCUT2D eigenvalue weighted by atomic mass is 32.1. The van der Waals surface area contributed by atoms with Crippen molar-refractivity contribution in [1.29, 1.82) is 0 Å². The van der Waals surface area contributed by atoms with Crippen molar-refractivity contribution in [2.45, 2.75) is 13.3 Å². The highest BCUT2D eigenvalue weighted by Gasteiger charge is 1.99. The molecule has 0 aliphatic carbocycles. The van der Waals surface area contributed by atoms with Crippen LogP contribution in [0.15, 0.2) is 29.3 Å². The number of carbonyl (C=O) groups excluding carboxylic acids is 1. The van der Waals surface area contributed by atoms with Gasteiger partial charge in [-0.15, -0.1) is 0 Å². The van der Waals surface area contributed by atoms with Crippen molar-refractivity contribution >= 4 is 38.7 Å². The van der Waals surface area contributed by atoms with E-state index < -0.39 is 0 Å². The third kappa shape index (κ3) is 2.47. The van der Waals surface area contributed by atoms with E-state index in [9.17, 15) is 4.79 Å². The van der Waals surface area contributed by atoms with Crippen LogP contribution in [-0.2, 0) is 4.79 Å². The number of fused-ring (bicyclic) bond motifs is 1. The molecular formula is C11H10N2OS. The van der Waals surface area contributed by atoms with Crippen molar-refractivity contribution < 1.29 is 4.79 Å². The van der Waals surface area contributed by atoms with E-state index in [0.29, 0.717) is 11.6 Å². The van der Waals surface area contributed by atoms with Crippen LogP contribution in [0, 0.1) is 0 Å². The molecule has 0 aliphatic heterocycles. The molecule has 76 valence electrons. The first kappa shape index (κ1) is 9.98. The number of aromatic nitrogens is 1. The average Bonchev–Trinajstić information content (AvgIpc) is 2.59. The maximum Gasteiger partial charge on any atom is 0.209 e. The monoisotopic (exact) mass is 218 g/mol. The normalized spacial score (nSPS) is 11.3. The highest BCUT2D eigenvalue weighted by Crippen LogP contribution is 2.27. The Balaban J connectivity index is 2.22. The summed E-state index contributed by atoms with van der Waals surface area (Å²) in [5, 5.41) is 0.706. The molecule has 0 saturated carbocycles. The van der Waals surface area contributed by atoms with E-state index in [1.807, 2.05) is 24.3 Å². The minimum atomic E-state index is 0.111. The largest absolute Gasteiger partial charge is 0.300 e. The summed E-state index contributed by atoms with van der Waals surface area (Å²) < 4.78 is 1.12. The van der Waals surface area contributed by atoms with Gasteiger partial charge in [-0.3, -0.25) is 4.79 Å². The third-order valence-electron chi connectivity index (χ3n) is 1.86. The quantitative estimate of drug-likeness (QED) is 0.743. The molecule has 15 heavy (non-hydrogen) atoms. The number of thiazole rings is 1. The summed E-state index contributed by atoms with van der Waals surface area (Å²) in [6.45, 7) is 1.55. The lowest BCUT2D eigenvalue weighted by atomic mass is 10.3. The average molecular weight is 218 g/mol. The molecule has 4 heteroatoms. The number of benzene rings is 1. The molecule has 0 radical (unpaired) electrons. The van der Waals surface area contributed by atoms with Crippen LogP contribution in [0.1, 0.15) is 13.3 Å². The molecule has 1 aromatic carbocycles. The summed E-state index contributed by atoms with van der Waals surface area (Å²) in [4.78, 5) is 19.2. The Morgan fingerprint density at radius 1 is 1.53 bits per heavy atom. The van der Waals surface area contributed by atoms with Gasteiger partial charge in [0.15, 0.2) is 0 Å². The van der Waals surface area contributed by atoms with Crippen LogP contribution >= 0.6 is 11.3 Å². The Kier molecular flexibility index (Phi) is 2.87. The van der Waals surface area contributed by atoms with Gasteiger partial charge in [0, 0.05) is 12.6 Å². The van der Waals surface area contributed by atoms with Gasteiger partial charge >= 0.3 is 0 Å². The first-order chi connectivity index (χ1) is 7.25. The Bertz CT molecular complexity index is 483. The second-order valence-electron chi connectivity index (χ2n) is 3.18. The zero-order valence-electron chi connectivity index (χ0n) is 8.30. The summed E-state index contributed by atoms with van der Waals surface area (Å²) in [5.74, 6) is 0.111. The van der Waals surface area contributed by atoms with Gasteiger partial charge in [0.1, 0.15) is 5.78 Å². The topological polar surface area (TPSA) is 42.3 Å². The van der Waals surface area contributed by atoms with Crippen molar-refractivity contribution in [2.75, 3.05) is 0 Å². The zero-order chi connectivity index (χ0) is 10.7. The molecule has 3 nitrogen and oxygen atoms in total. The minimum absolute atomic E-state index is 0.111. The van der Waals surface area contributed by atoms with E-state index in [1.165, 1.54) is 11.3 Å². The van der Waals surface area contributed by atoms with Crippen molar-refractivity contribution in [3.63, 3.8) is 0 Å². The number of Topliss-reactive ketones (excluding diaryl/α,β-unsaturated/α-hetero) is 1. The van der Waals surface area contributed by atoms with E-state index in [0.717, 1.165) is 10.2 Å². The van der Waals surface area contributed by atoms with Gasteiger partial charge in [-0.2, -0.15) is 0 Å². The number of hydrogen-bond acceptors (Lipinski definition) is 4. The van der Waals surface area contributed by atoms with Gasteiger partial charge in [-0.05, 0) is 19.1 Å². The maximum absolute atomic E-state index is 10.7. The molecule has 0 aliphatic rings. The first-order valence-electron chi connectivity index (χ1n) is 4.63. The molecule has 2 rings (SSSR count). The van der Waals surface area contributed by atoms with Gasteiger partial charge in [0.05, 0.1) is 10.2 Å². The number of ketones is 1. The molecule has 1 aromatic heterocycles. The van der Waals surface area contributed by atoms with E-state index in [2.05, 4.69) is 9.98 Å². The van der Waals surface area contributed by atoms with Crippen LogP contribution in [0.5, 0.6) is 0 Å².